The smallest absolute Gasteiger partial charge is 0.404 e. The fraction of sp³-hybridized carbons (Fsp3) is 0.769. The van der Waals surface area contributed by atoms with Crippen molar-refractivity contribution < 1.29 is 18.1 Å². The molecule has 0 amide bonds. The van der Waals surface area contributed by atoms with Crippen molar-refractivity contribution in [1.29, 1.82) is 0 Å². The molecule has 0 saturated heterocycles. The fourth-order valence-electron chi connectivity index (χ4n) is 9.43. The number of hydrogen-bond acceptors (Lipinski definition) is 4. The highest BCUT2D eigenvalue weighted by Crippen LogP contribution is 2.68. The van der Waals surface area contributed by atoms with Gasteiger partial charge in [-0.1, -0.05) is 18.2 Å². The van der Waals surface area contributed by atoms with Crippen molar-refractivity contribution in [1.82, 2.24) is 0 Å². The van der Waals surface area contributed by atoms with E-state index in [9.17, 15) is 4.57 Å². The van der Waals surface area contributed by atoms with Crippen LogP contribution < -0.4 is 4.52 Å². The maximum Gasteiger partial charge on any atom is 0.531 e. The minimum absolute atomic E-state index is 0.304. The molecule has 8 aliphatic rings. The van der Waals surface area contributed by atoms with E-state index >= 15 is 0 Å². The molecule has 0 spiro atoms. The van der Waals surface area contributed by atoms with Gasteiger partial charge in [-0.2, -0.15) is 0 Å². The first-order valence-corrected chi connectivity index (χ1v) is 14.2. The molecular weight excluding hydrogens is 407 g/mol. The van der Waals surface area contributed by atoms with Gasteiger partial charge in [-0.05, 0) is 125 Å². The van der Waals surface area contributed by atoms with Crippen LogP contribution in [0.15, 0.2) is 30.3 Å². The number of benzene rings is 1. The molecule has 8 saturated carbocycles. The van der Waals surface area contributed by atoms with Crippen LogP contribution in [0.3, 0.4) is 0 Å². The van der Waals surface area contributed by atoms with Gasteiger partial charge in [0.25, 0.3) is 0 Å². The van der Waals surface area contributed by atoms with Crippen LogP contribution in [0.1, 0.15) is 77.0 Å². The molecule has 4 nitrogen and oxygen atoms in total. The van der Waals surface area contributed by atoms with Crippen LogP contribution in [0.5, 0.6) is 5.75 Å². The second-order valence-corrected chi connectivity index (χ2v) is 13.7. The first-order valence-electron chi connectivity index (χ1n) is 12.7. The number of phosphoric acid groups is 1. The molecule has 0 N–H and O–H groups in total. The van der Waals surface area contributed by atoms with Gasteiger partial charge in [-0.15, -0.1) is 0 Å². The van der Waals surface area contributed by atoms with Crippen LogP contribution in [0.2, 0.25) is 0 Å². The van der Waals surface area contributed by atoms with Gasteiger partial charge in [-0.3, -0.25) is 9.05 Å². The fourth-order valence-corrected chi connectivity index (χ4v) is 11.3. The van der Waals surface area contributed by atoms with E-state index in [4.69, 9.17) is 13.6 Å². The van der Waals surface area contributed by atoms with E-state index in [-0.39, 0.29) is 11.2 Å². The van der Waals surface area contributed by atoms with Crippen LogP contribution in [0, 0.1) is 35.5 Å². The van der Waals surface area contributed by atoms with Crippen LogP contribution in [-0.4, -0.2) is 11.2 Å². The Hall–Kier alpha value is -0.830. The van der Waals surface area contributed by atoms with Crippen molar-refractivity contribution in [3.63, 3.8) is 0 Å². The molecule has 9 rings (SSSR count). The third-order valence-corrected chi connectivity index (χ3v) is 11.2. The van der Waals surface area contributed by atoms with Crippen molar-refractivity contribution in [2.75, 3.05) is 0 Å². The molecule has 8 fully saturated rings. The lowest BCUT2D eigenvalue weighted by molar-refractivity contribution is -0.149. The lowest BCUT2D eigenvalue weighted by Gasteiger charge is -2.58. The van der Waals surface area contributed by atoms with E-state index in [2.05, 4.69) is 0 Å². The molecule has 0 radical (unpaired) electrons. The van der Waals surface area contributed by atoms with E-state index in [0.717, 1.165) is 74.0 Å². The molecule has 31 heavy (non-hydrogen) atoms. The lowest BCUT2D eigenvalue weighted by atomic mass is 9.54. The van der Waals surface area contributed by atoms with Crippen LogP contribution in [0.25, 0.3) is 0 Å². The second-order valence-electron chi connectivity index (χ2n) is 12.2. The normalized spacial score (nSPS) is 48.6. The Morgan fingerprint density at radius 3 is 1.32 bits per heavy atom. The van der Waals surface area contributed by atoms with Gasteiger partial charge in [0.2, 0.25) is 0 Å². The topological polar surface area (TPSA) is 44.8 Å². The zero-order chi connectivity index (χ0) is 20.7. The Morgan fingerprint density at radius 1 is 0.613 bits per heavy atom. The summed E-state index contributed by atoms with van der Waals surface area (Å²) < 4.78 is 34.1. The summed E-state index contributed by atoms with van der Waals surface area (Å²) in [4.78, 5) is 0. The molecule has 0 unspecified atom stereocenters. The third-order valence-electron chi connectivity index (χ3n) is 9.54. The Balaban J connectivity index is 1.20. The molecule has 8 bridgehead atoms. The van der Waals surface area contributed by atoms with E-state index in [1.165, 1.54) is 38.5 Å². The molecule has 0 aliphatic heterocycles. The lowest BCUT2D eigenvalue weighted by Crippen LogP contribution is -2.53. The quantitative estimate of drug-likeness (QED) is 0.439. The first kappa shape index (κ1) is 19.6. The number of phosphoric ester groups is 1. The molecular formula is C26H35O4P. The highest BCUT2D eigenvalue weighted by atomic mass is 31.2. The van der Waals surface area contributed by atoms with Gasteiger partial charge in [0.1, 0.15) is 5.75 Å². The van der Waals surface area contributed by atoms with Gasteiger partial charge in [0.05, 0.1) is 11.2 Å². The van der Waals surface area contributed by atoms with E-state index in [1.807, 2.05) is 30.3 Å². The van der Waals surface area contributed by atoms with Crippen molar-refractivity contribution in [2.45, 2.75) is 88.3 Å². The molecule has 0 aromatic heterocycles. The summed E-state index contributed by atoms with van der Waals surface area (Å²) in [5.74, 6) is 4.99. The van der Waals surface area contributed by atoms with Crippen LogP contribution in [-0.2, 0) is 13.6 Å². The summed E-state index contributed by atoms with van der Waals surface area (Å²) in [5.41, 5.74) is -0.608. The first-order chi connectivity index (χ1) is 15.0. The number of rotatable bonds is 6. The Bertz CT molecular complexity index is 775. The predicted molar refractivity (Wildman–Crippen MR) is 119 cm³/mol. The van der Waals surface area contributed by atoms with Crippen molar-refractivity contribution in [2.24, 2.45) is 35.5 Å². The summed E-state index contributed by atoms with van der Waals surface area (Å²) in [5, 5.41) is 0. The Morgan fingerprint density at radius 2 is 0.968 bits per heavy atom. The minimum atomic E-state index is -3.74. The summed E-state index contributed by atoms with van der Waals surface area (Å²) in [6, 6.07) is 9.55. The average molecular weight is 443 g/mol. The summed E-state index contributed by atoms with van der Waals surface area (Å²) in [7, 11) is -3.74. The standard InChI is InChI=1S/C26H35O4P/c27-31(28-24-4-2-1-3-5-24,29-25-12-18-6-19(13-25)8-20(7-18)14-25)30-26-15-21-9-22(16-26)11-23(10-21)17-26/h1-5,18-23H,6-17H2. The van der Waals surface area contributed by atoms with Crippen LogP contribution in [0.4, 0.5) is 0 Å². The van der Waals surface area contributed by atoms with Gasteiger partial charge in [-0.25, -0.2) is 4.57 Å². The molecule has 1 aromatic rings. The SMILES string of the molecule is O=P(Oc1ccccc1)(OC12CC3CC(CC(C3)C1)C2)OC12CC3CC(CC(C3)C1)C2. The molecule has 5 heteroatoms. The second kappa shape index (κ2) is 6.84. The zero-order valence-electron chi connectivity index (χ0n) is 18.4. The zero-order valence-corrected chi connectivity index (χ0v) is 19.3. The molecule has 0 heterocycles. The molecule has 8 aliphatic carbocycles. The van der Waals surface area contributed by atoms with Crippen molar-refractivity contribution in [3.05, 3.63) is 30.3 Å². The summed E-state index contributed by atoms with van der Waals surface area (Å²) in [6.07, 6.45) is 14.2. The van der Waals surface area contributed by atoms with E-state index in [1.54, 1.807) is 0 Å². The third kappa shape index (κ3) is 3.52. The average Bonchev–Trinajstić information content (AvgIpc) is 2.65. The Labute approximate surface area is 186 Å². The molecule has 1 aromatic carbocycles. The largest absolute Gasteiger partial charge is 0.531 e. The van der Waals surface area contributed by atoms with Gasteiger partial charge in [0.15, 0.2) is 0 Å². The van der Waals surface area contributed by atoms with Crippen LogP contribution >= 0.6 is 7.82 Å². The van der Waals surface area contributed by atoms with E-state index < -0.39 is 7.82 Å². The maximum absolute atomic E-state index is 14.5. The molecule has 168 valence electrons. The minimum Gasteiger partial charge on any atom is -0.404 e. The Kier molecular flexibility index (Phi) is 4.33. The molecule has 0 atom stereocenters. The van der Waals surface area contributed by atoms with Gasteiger partial charge in [0, 0.05) is 0 Å². The van der Waals surface area contributed by atoms with Gasteiger partial charge >= 0.3 is 7.82 Å². The maximum atomic E-state index is 14.5. The highest BCUT2D eigenvalue weighted by molar-refractivity contribution is 7.49. The van der Waals surface area contributed by atoms with E-state index in [0.29, 0.717) is 5.75 Å². The van der Waals surface area contributed by atoms with Crippen molar-refractivity contribution >= 4 is 7.82 Å². The van der Waals surface area contributed by atoms with Gasteiger partial charge < -0.3 is 4.52 Å². The number of para-hydroxylation sites is 1. The highest BCUT2D eigenvalue weighted by Gasteiger charge is 2.59. The summed E-state index contributed by atoms with van der Waals surface area (Å²) in [6.45, 7) is 0. The predicted octanol–water partition coefficient (Wildman–Crippen LogP) is 7.14. The summed E-state index contributed by atoms with van der Waals surface area (Å²) >= 11 is 0. The monoisotopic (exact) mass is 442 g/mol. The number of hydrogen-bond donors (Lipinski definition) is 0. The van der Waals surface area contributed by atoms with Crippen molar-refractivity contribution in [3.8, 4) is 5.75 Å².